The fraction of sp³-hybridized carbons (Fsp3) is 0.0333. The standard InChI is InChI=1S/C30H17Br2Cl2N3O3/c31-20-7-5-17(6-8-20)16-39-28-23(32)11-18(12-24(28)34)15-35-37-29(36-25-4-2-1-3-22(25)30(37)38)27-14-19-13-21(33)9-10-26(19)40-27/h1-15H,16H2. The minimum absolute atomic E-state index is 0.256. The second-order valence-electron chi connectivity index (χ2n) is 8.84. The van der Waals surface area contributed by atoms with Gasteiger partial charge in [0.1, 0.15) is 12.2 Å². The maximum absolute atomic E-state index is 13.5. The molecule has 10 heteroatoms. The number of ether oxygens (including phenoxy) is 1. The van der Waals surface area contributed by atoms with E-state index >= 15 is 0 Å². The number of halogens is 4. The van der Waals surface area contributed by atoms with Crippen LogP contribution in [0.3, 0.4) is 0 Å². The van der Waals surface area contributed by atoms with E-state index in [2.05, 4.69) is 37.0 Å². The van der Waals surface area contributed by atoms with Crippen LogP contribution >= 0.6 is 55.1 Å². The Morgan fingerprint density at radius 1 is 0.975 bits per heavy atom. The first kappa shape index (κ1) is 26.8. The Kier molecular flexibility index (Phi) is 7.51. The number of hydrogen-bond acceptors (Lipinski definition) is 5. The van der Waals surface area contributed by atoms with Crippen LogP contribution in [0.15, 0.2) is 108 Å². The van der Waals surface area contributed by atoms with E-state index in [1.807, 2.05) is 36.4 Å². The molecule has 0 saturated carbocycles. The summed E-state index contributed by atoms with van der Waals surface area (Å²) in [5.41, 5.74) is 2.46. The monoisotopic (exact) mass is 695 g/mol. The van der Waals surface area contributed by atoms with Crippen molar-refractivity contribution in [3.8, 4) is 17.3 Å². The van der Waals surface area contributed by atoms with E-state index in [0.29, 0.717) is 54.7 Å². The van der Waals surface area contributed by atoms with Gasteiger partial charge in [0.05, 0.1) is 26.6 Å². The van der Waals surface area contributed by atoms with E-state index in [9.17, 15) is 4.79 Å². The van der Waals surface area contributed by atoms with E-state index in [-0.39, 0.29) is 11.4 Å². The molecule has 4 aromatic carbocycles. The normalized spacial score (nSPS) is 11.6. The molecular formula is C30H17Br2Cl2N3O3. The lowest BCUT2D eigenvalue weighted by Crippen LogP contribution is -2.20. The molecule has 0 atom stereocenters. The molecule has 0 radical (unpaired) electrons. The molecule has 0 unspecified atom stereocenters. The summed E-state index contributed by atoms with van der Waals surface area (Å²) >= 11 is 19.7. The highest BCUT2D eigenvalue weighted by Gasteiger charge is 2.17. The summed E-state index contributed by atoms with van der Waals surface area (Å²) in [4.78, 5) is 18.2. The number of para-hydroxylation sites is 1. The first-order chi connectivity index (χ1) is 19.4. The Morgan fingerprint density at radius 2 is 1.77 bits per heavy atom. The highest BCUT2D eigenvalue weighted by molar-refractivity contribution is 9.10. The molecule has 0 N–H and O–H groups in total. The van der Waals surface area contributed by atoms with Gasteiger partial charge in [-0.2, -0.15) is 9.78 Å². The van der Waals surface area contributed by atoms with Crippen LogP contribution in [0.1, 0.15) is 11.1 Å². The second kappa shape index (κ2) is 11.2. The summed E-state index contributed by atoms with van der Waals surface area (Å²) in [5.74, 6) is 1.15. The third kappa shape index (κ3) is 5.45. The highest BCUT2D eigenvalue weighted by atomic mass is 79.9. The fourth-order valence-electron chi connectivity index (χ4n) is 4.17. The largest absolute Gasteiger partial charge is 0.486 e. The predicted octanol–water partition coefficient (Wildman–Crippen LogP) is 9.10. The van der Waals surface area contributed by atoms with Crippen molar-refractivity contribution in [3.05, 3.63) is 125 Å². The number of furan rings is 1. The lowest BCUT2D eigenvalue weighted by atomic mass is 10.2. The van der Waals surface area contributed by atoms with Crippen molar-refractivity contribution in [2.24, 2.45) is 5.10 Å². The Balaban J connectivity index is 1.37. The zero-order valence-corrected chi connectivity index (χ0v) is 25.1. The zero-order valence-electron chi connectivity index (χ0n) is 20.4. The van der Waals surface area contributed by atoms with Gasteiger partial charge in [0, 0.05) is 14.9 Å². The molecular weight excluding hydrogens is 681 g/mol. The average molecular weight is 698 g/mol. The number of nitrogens with zero attached hydrogens (tertiary/aromatic N) is 3. The number of aromatic nitrogens is 2. The second-order valence-corrected chi connectivity index (χ2v) is 11.4. The van der Waals surface area contributed by atoms with E-state index in [1.165, 1.54) is 10.9 Å². The molecule has 6 aromatic rings. The summed E-state index contributed by atoms with van der Waals surface area (Å²) in [6, 6.07) is 25.6. The van der Waals surface area contributed by atoms with E-state index in [4.69, 9.17) is 37.3 Å². The molecule has 198 valence electrons. The van der Waals surface area contributed by atoms with Crippen LogP contribution in [0.5, 0.6) is 5.75 Å². The van der Waals surface area contributed by atoms with Gasteiger partial charge < -0.3 is 9.15 Å². The van der Waals surface area contributed by atoms with Gasteiger partial charge in [0.15, 0.2) is 11.5 Å². The Hall–Kier alpha value is -3.43. The van der Waals surface area contributed by atoms with Crippen LogP contribution in [0.25, 0.3) is 33.5 Å². The van der Waals surface area contributed by atoms with Crippen molar-refractivity contribution >= 4 is 83.1 Å². The lowest BCUT2D eigenvalue weighted by molar-refractivity contribution is 0.304. The number of benzene rings is 4. The minimum atomic E-state index is -0.338. The SMILES string of the molecule is O=c1c2ccccc2nc(-c2cc3cc(Cl)ccc3o2)n1N=Cc1cc(Cl)c(OCc2ccc(Br)cc2)c(Br)c1. The third-order valence-corrected chi connectivity index (χ3v) is 7.73. The van der Waals surface area contributed by atoms with Gasteiger partial charge in [-0.15, -0.1) is 0 Å². The first-order valence-corrected chi connectivity index (χ1v) is 14.3. The van der Waals surface area contributed by atoms with Crippen molar-refractivity contribution in [2.75, 3.05) is 0 Å². The highest BCUT2D eigenvalue weighted by Crippen LogP contribution is 2.35. The minimum Gasteiger partial charge on any atom is -0.486 e. The number of rotatable bonds is 6. The Morgan fingerprint density at radius 3 is 2.58 bits per heavy atom. The molecule has 0 aliphatic heterocycles. The lowest BCUT2D eigenvalue weighted by Gasteiger charge is -2.11. The van der Waals surface area contributed by atoms with Crippen LogP contribution in [-0.4, -0.2) is 15.9 Å². The number of fused-ring (bicyclic) bond motifs is 2. The van der Waals surface area contributed by atoms with Gasteiger partial charge in [-0.1, -0.05) is 63.4 Å². The number of hydrogen-bond donors (Lipinski definition) is 0. The molecule has 0 amide bonds. The van der Waals surface area contributed by atoms with Gasteiger partial charge in [0.2, 0.25) is 5.82 Å². The van der Waals surface area contributed by atoms with Crippen LogP contribution in [0.2, 0.25) is 10.0 Å². The summed E-state index contributed by atoms with van der Waals surface area (Å²) in [6.07, 6.45) is 1.54. The quantitative estimate of drug-likeness (QED) is 0.163. The predicted molar refractivity (Wildman–Crippen MR) is 167 cm³/mol. The van der Waals surface area contributed by atoms with Crippen molar-refractivity contribution in [1.82, 2.24) is 9.66 Å². The van der Waals surface area contributed by atoms with E-state index in [0.717, 1.165) is 15.4 Å². The van der Waals surface area contributed by atoms with Gasteiger partial charge in [-0.3, -0.25) is 4.79 Å². The first-order valence-electron chi connectivity index (χ1n) is 12.0. The van der Waals surface area contributed by atoms with Crippen molar-refractivity contribution in [1.29, 1.82) is 0 Å². The van der Waals surface area contributed by atoms with Crippen molar-refractivity contribution in [2.45, 2.75) is 6.61 Å². The van der Waals surface area contributed by atoms with E-state index < -0.39 is 0 Å². The fourth-order valence-corrected chi connectivity index (χ4v) is 5.60. The molecule has 6 nitrogen and oxygen atoms in total. The molecule has 0 aliphatic carbocycles. The van der Waals surface area contributed by atoms with Gasteiger partial charge >= 0.3 is 0 Å². The summed E-state index contributed by atoms with van der Waals surface area (Å²) in [6.45, 7) is 0.350. The van der Waals surface area contributed by atoms with Crippen molar-refractivity contribution < 1.29 is 9.15 Å². The molecule has 0 aliphatic rings. The van der Waals surface area contributed by atoms with Crippen LogP contribution in [0.4, 0.5) is 0 Å². The van der Waals surface area contributed by atoms with Crippen molar-refractivity contribution in [3.63, 3.8) is 0 Å². The summed E-state index contributed by atoms with van der Waals surface area (Å²) in [7, 11) is 0. The maximum Gasteiger partial charge on any atom is 0.282 e. The van der Waals surface area contributed by atoms with E-state index in [1.54, 1.807) is 48.5 Å². The Bertz CT molecular complexity index is 1960. The molecule has 6 rings (SSSR count). The maximum atomic E-state index is 13.5. The average Bonchev–Trinajstić information content (AvgIpc) is 3.36. The summed E-state index contributed by atoms with van der Waals surface area (Å²) in [5, 5.41) is 6.70. The smallest absolute Gasteiger partial charge is 0.282 e. The van der Waals surface area contributed by atoms with Crippen LogP contribution in [-0.2, 0) is 6.61 Å². The third-order valence-electron chi connectivity index (χ3n) is 6.09. The summed E-state index contributed by atoms with van der Waals surface area (Å²) < 4.78 is 14.9. The van der Waals surface area contributed by atoms with Crippen LogP contribution in [0, 0.1) is 0 Å². The molecule has 0 fully saturated rings. The zero-order chi connectivity index (χ0) is 27.8. The molecule has 0 spiro atoms. The molecule has 40 heavy (non-hydrogen) atoms. The molecule has 2 heterocycles. The molecule has 2 aromatic heterocycles. The van der Waals surface area contributed by atoms with Gasteiger partial charge in [0.25, 0.3) is 5.56 Å². The molecule has 0 bridgehead atoms. The van der Waals surface area contributed by atoms with Crippen LogP contribution < -0.4 is 10.3 Å². The molecule has 0 saturated heterocycles. The topological polar surface area (TPSA) is 69.6 Å². The Labute approximate surface area is 255 Å². The van der Waals surface area contributed by atoms with Gasteiger partial charge in [-0.05, 0) is 87.7 Å². The van der Waals surface area contributed by atoms with Gasteiger partial charge in [-0.25, -0.2) is 4.98 Å².